The molecule has 6 nitrogen and oxygen atoms in total. The summed E-state index contributed by atoms with van der Waals surface area (Å²) in [6.45, 7) is 15.2. The number of nitrogens with zero attached hydrogens (tertiary/aromatic N) is 3. The summed E-state index contributed by atoms with van der Waals surface area (Å²) in [7, 11) is 1.96. The summed E-state index contributed by atoms with van der Waals surface area (Å²) in [5, 5.41) is 14.1. The molecule has 0 amide bonds. The van der Waals surface area contributed by atoms with E-state index in [1.54, 1.807) is 0 Å². The molecule has 0 spiro atoms. The molecule has 1 aromatic heterocycles. The maximum atomic E-state index is 9.40. The number of aromatic nitrogens is 2. The molecule has 0 fully saturated rings. The Bertz CT molecular complexity index is 994. The van der Waals surface area contributed by atoms with Crippen molar-refractivity contribution < 1.29 is 9.94 Å². The van der Waals surface area contributed by atoms with E-state index in [-0.39, 0.29) is 17.9 Å². The molecule has 0 saturated carbocycles. The summed E-state index contributed by atoms with van der Waals surface area (Å²) in [4.78, 5) is 9.84. The van der Waals surface area contributed by atoms with Gasteiger partial charge in [0.05, 0.1) is 5.70 Å². The van der Waals surface area contributed by atoms with Crippen molar-refractivity contribution in [2.24, 2.45) is 29.3 Å². The van der Waals surface area contributed by atoms with Crippen LogP contribution in [0, 0.1) is 25.2 Å². The van der Waals surface area contributed by atoms with E-state index in [9.17, 15) is 5.11 Å². The molecule has 1 heterocycles. The standard InChI is InChI=1S/C25H36N4O2/c1-15(14-30)10-21-16(2)11-19(12-17(21)3)18(4)27-24(31-26)23-20-8-9-25(5,6)13-22(20)29(7)28-23/h11-12,15,30H,4,8-10,13-14,26H2,1-3,5-7H3. The van der Waals surface area contributed by atoms with Crippen LogP contribution in [0.1, 0.15) is 66.4 Å². The van der Waals surface area contributed by atoms with E-state index in [2.05, 4.69) is 63.4 Å². The van der Waals surface area contributed by atoms with Gasteiger partial charge in [0.2, 0.25) is 0 Å². The fourth-order valence-corrected chi connectivity index (χ4v) is 4.48. The van der Waals surface area contributed by atoms with Crippen LogP contribution in [0.25, 0.3) is 5.70 Å². The van der Waals surface area contributed by atoms with E-state index < -0.39 is 0 Å². The van der Waals surface area contributed by atoms with Crippen LogP contribution in [0.15, 0.2) is 23.7 Å². The second kappa shape index (κ2) is 8.97. The summed E-state index contributed by atoms with van der Waals surface area (Å²) in [5.41, 5.74) is 8.46. The second-order valence-electron chi connectivity index (χ2n) is 9.80. The first kappa shape index (κ1) is 23.2. The summed E-state index contributed by atoms with van der Waals surface area (Å²) < 4.78 is 1.92. The zero-order valence-electron chi connectivity index (χ0n) is 19.7. The minimum atomic E-state index is 0.181. The molecule has 0 aliphatic heterocycles. The number of fused-ring (bicyclic) bond motifs is 1. The summed E-state index contributed by atoms with van der Waals surface area (Å²) in [6.07, 6.45) is 3.83. The minimum absolute atomic E-state index is 0.181. The SMILES string of the molecule is C=C(N=C(ON)c1nn(C)c2c1CCC(C)(C)C2)c1cc(C)c(CC(C)CO)c(C)c1. The highest BCUT2D eigenvalue weighted by Gasteiger charge is 2.32. The highest BCUT2D eigenvalue weighted by molar-refractivity contribution is 5.97. The lowest BCUT2D eigenvalue weighted by molar-refractivity contribution is 0.237. The van der Waals surface area contributed by atoms with Gasteiger partial charge in [0.25, 0.3) is 5.90 Å². The topological polar surface area (TPSA) is 85.7 Å². The Morgan fingerprint density at radius 2 is 2.00 bits per heavy atom. The number of aliphatic hydroxyl groups excluding tert-OH is 1. The first-order chi connectivity index (χ1) is 14.6. The van der Waals surface area contributed by atoms with Crippen LogP contribution in [-0.2, 0) is 31.1 Å². The van der Waals surface area contributed by atoms with E-state index in [1.807, 2.05) is 11.7 Å². The van der Waals surface area contributed by atoms with Crippen molar-refractivity contribution in [3.63, 3.8) is 0 Å². The first-order valence-corrected chi connectivity index (χ1v) is 11.0. The number of benzene rings is 1. The Balaban J connectivity index is 1.93. The molecule has 1 unspecified atom stereocenters. The molecule has 6 heteroatoms. The van der Waals surface area contributed by atoms with Crippen LogP contribution in [0.2, 0.25) is 0 Å². The van der Waals surface area contributed by atoms with Gasteiger partial charge in [0.1, 0.15) is 0 Å². The smallest absolute Gasteiger partial charge is 0.266 e. The lowest BCUT2D eigenvalue weighted by Crippen LogP contribution is -2.24. The van der Waals surface area contributed by atoms with Crippen LogP contribution < -0.4 is 5.90 Å². The number of aliphatic hydroxyl groups is 1. The molecule has 1 aromatic carbocycles. The number of aryl methyl sites for hydroxylation is 3. The van der Waals surface area contributed by atoms with Crippen molar-refractivity contribution in [3.05, 3.63) is 57.9 Å². The number of hydrogen-bond donors (Lipinski definition) is 2. The Hall–Kier alpha value is -2.44. The molecule has 3 N–H and O–H groups in total. The molecule has 0 bridgehead atoms. The molecule has 0 radical (unpaired) electrons. The quantitative estimate of drug-likeness (QED) is 0.416. The van der Waals surface area contributed by atoms with Gasteiger partial charge in [-0.2, -0.15) is 11.0 Å². The minimum Gasteiger partial charge on any atom is -0.396 e. The van der Waals surface area contributed by atoms with Gasteiger partial charge in [-0.1, -0.05) is 27.4 Å². The molecule has 168 valence electrons. The third kappa shape index (κ3) is 4.91. The van der Waals surface area contributed by atoms with Crippen molar-refractivity contribution in [3.8, 4) is 0 Å². The third-order valence-corrected chi connectivity index (χ3v) is 6.42. The van der Waals surface area contributed by atoms with Gasteiger partial charge in [-0.05, 0) is 79.7 Å². The Labute approximate surface area is 185 Å². The number of nitrogens with two attached hydrogens (primary N) is 1. The number of rotatable bonds is 6. The summed E-state index contributed by atoms with van der Waals surface area (Å²) >= 11 is 0. The second-order valence-corrected chi connectivity index (χ2v) is 9.80. The van der Waals surface area contributed by atoms with Gasteiger partial charge < -0.3 is 9.94 Å². The molecule has 3 rings (SSSR count). The fourth-order valence-electron chi connectivity index (χ4n) is 4.48. The summed E-state index contributed by atoms with van der Waals surface area (Å²) in [6, 6.07) is 4.17. The van der Waals surface area contributed by atoms with Crippen molar-refractivity contribution >= 4 is 11.6 Å². The van der Waals surface area contributed by atoms with Crippen molar-refractivity contribution in [2.75, 3.05) is 6.61 Å². The Morgan fingerprint density at radius 1 is 1.35 bits per heavy atom. The Morgan fingerprint density at radius 3 is 2.58 bits per heavy atom. The molecular weight excluding hydrogens is 388 g/mol. The third-order valence-electron chi connectivity index (χ3n) is 6.42. The number of aliphatic imine (C=N–C) groups is 1. The molecule has 0 saturated heterocycles. The molecule has 31 heavy (non-hydrogen) atoms. The maximum Gasteiger partial charge on any atom is 0.266 e. The van der Waals surface area contributed by atoms with Crippen molar-refractivity contribution in [2.45, 2.75) is 60.3 Å². The highest BCUT2D eigenvalue weighted by Crippen LogP contribution is 2.36. The van der Waals surface area contributed by atoms with Gasteiger partial charge in [0.15, 0.2) is 5.69 Å². The Kier molecular flexibility index (Phi) is 6.72. The molecular formula is C25H36N4O2. The van der Waals surface area contributed by atoms with E-state index in [4.69, 9.17) is 10.7 Å². The van der Waals surface area contributed by atoms with E-state index in [0.717, 1.165) is 31.2 Å². The highest BCUT2D eigenvalue weighted by atomic mass is 16.6. The van der Waals surface area contributed by atoms with Crippen LogP contribution in [0.3, 0.4) is 0 Å². The molecule has 2 aromatic rings. The zero-order chi connectivity index (χ0) is 22.9. The predicted molar refractivity (Wildman–Crippen MR) is 126 cm³/mol. The monoisotopic (exact) mass is 424 g/mol. The van der Waals surface area contributed by atoms with Gasteiger partial charge in [-0.25, -0.2) is 4.99 Å². The average molecular weight is 425 g/mol. The lowest BCUT2D eigenvalue weighted by Gasteiger charge is -2.29. The van der Waals surface area contributed by atoms with E-state index >= 15 is 0 Å². The fraction of sp³-hybridized carbons (Fsp3) is 0.520. The summed E-state index contributed by atoms with van der Waals surface area (Å²) in [5.74, 6) is 6.16. The lowest BCUT2D eigenvalue weighted by atomic mass is 9.76. The van der Waals surface area contributed by atoms with E-state index in [1.165, 1.54) is 27.9 Å². The van der Waals surface area contributed by atoms with Crippen LogP contribution in [-0.4, -0.2) is 27.4 Å². The van der Waals surface area contributed by atoms with Crippen molar-refractivity contribution in [1.29, 1.82) is 0 Å². The van der Waals surface area contributed by atoms with Crippen LogP contribution >= 0.6 is 0 Å². The largest absolute Gasteiger partial charge is 0.396 e. The van der Waals surface area contributed by atoms with Crippen LogP contribution in [0.4, 0.5) is 0 Å². The first-order valence-electron chi connectivity index (χ1n) is 11.0. The average Bonchev–Trinajstić information content (AvgIpc) is 3.02. The predicted octanol–water partition coefficient (Wildman–Crippen LogP) is 4.03. The van der Waals surface area contributed by atoms with E-state index in [0.29, 0.717) is 17.3 Å². The van der Waals surface area contributed by atoms with Crippen LogP contribution in [0.5, 0.6) is 0 Å². The van der Waals surface area contributed by atoms with Gasteiger partial charge in [-0.3, -0.25) is 4.68 Å². The molecule has 1 aliphatic rings. The van der Waals surface area contributed by atoms with Gasteiger partial charge in [0, 0.05) is 30.5 Å². The van der Waals surface area contributed by atoms with Gasteiger partial charge in [-0.15, -0.1) is 0 Å². The normalized spacial score (nSPS) is 16.7. The molecule has 1 aliphatic carbocycles. The van der Waals surface area contributed by atoms with Gasteiger partial charge >= 0.3 is 0 Å². The van der Waals surface area contributed by atoms with Crippen molar-refractivity contribution in [1.82, 2.24) is 9.78 Å². The zero-order valence-corrected chi connectivity index (χ0v) is 19.7. The number of hydrogen-bond acceptors (Lipinski definition) is 5. The molecule has 1 atom stereocenters. The maximum absolute atomic E-state index is 9.40.